The highest BCUT2D eigenvalue weighted by molar-refractivity contribution is 6.33. The van der Waals surface area contributed by atoms with Crippen molar-refractivity contribution in [1.29, 1.82) is 0 Å². The maximum atomic E-state index is 6.28. The number of nitrogens with two attached hydrogens (primary N) is 1. The number of hydrogen-bond acceptors (Lipinski definition) is 4. The van der Waals surface area contributed by atoms with E-state index in [1.54, 1.807) is 12.1 Å². The molecule has 2 aromatic heterocycles. The zero-order valence-electron chi connectivity index (χ0n) is 13.6. The fourth-order valence-corrected chi connectivity index (χ4v) is 2.95. The maximum absolute atomic E-state index is 6.28. The smallest absolute Gasteiger partial charge is 0.234 e. The van der Waals surface area contributed by atoms with E-state index in [0.29, 0.717) is 16.5 Å². The third-order valence-corrected chi connectivity index (χ3v) is 4.41. The summed E-state index contributed by atoms with van der Waals surface area (Å²) >= 11 is 6.28. The molecule has 0 radical (unpaired) electrons. The largest absolute Gasteiger partial charge is 0.399 e. The molecular weight excluding hydrogens is 334 g/mol. The van der Waals surface area contributed by atoms with Crippen molar-refractivity contribution in [3.63, 3.8) is 0 Å². The fraction of sp³-hybridized carbons (Fsp3) is 0.0526. The third-order valence-electron chi connectivity index (χ3n) is 4.08. The van der Waals surface area contributed by atoms with Crippen molar-refractivity contribution in [2.24, 2.45) is 0 Å². The van der Waals surface area contributed by atoms with E-state index in [0.717, 1.165) is 28.1 Å². The molecular formula is C19H16ClN5. The number of benzene rings is 2. The molecule has 2 heterocycles. The summed E-state index contributed by atoms with van der Waals surface area (Å²) in [6.07, 6.45) is 5.74. The second-order valence-electron chi connectivity index (χ2n) is 5.74. The first-order chi connectivity index (χ1) is 12.1. The molecule has 0 bridgehead atoms. The van der Waals surface area contributed by atoms with E-state index in [9.17, 15) is 0 Å². The topological polar surface area (TPSA) is 68.2 Å². The summed E-state index contributed by atoms with van der Waals surface area (Å²) < 4.78 is 1.90. The molecule has 0 fully saturated rings. The molecule has 4 rings (SSSR count). The lowest BCUT2D eigenvalue weighted by Crippen LogP contribution is -1.90. The first-order valence-electron chi connectivity index (χ1n) is 7.82. The van der Waals surface area contributed by atoms with E-state index in [1.165, 1.54) is 0 Å². The van der Waals surface area contributed by atoms with Gasteiger partial charge in [0.05, 0.1) is 10.7 Å². The predicted molar refractivity (Wildman–Crippen MR) is 103 cm³/mol. The van der Waals surface area contributed by atoms with Crippen LogP contribution in [0.2, 0.25) is 5.02 Å². The first-order valence-corrected chi connectivity index (χ1v) is 8.20. The van der Waals surface area contributed by atoms with Gasteiger partial charge >= 0.3 is 0 Å². The average molecular weight is 350 g/mol. The van der Waals surface area contributed by atoms with Crippen LogP contribution in [0, 0.1) is 0 Å². The van der Waals surface area contributed by atoms with E-state index in [4.69, 9.17) is 17.3 Å². The Bertz CT molecular complexity index is 1050. The van der Waals surface area contributed by atoms with Gasteiger partial charge in [-0.25, -0.2) is 9.97 Å². The van der Waals surface area contributed by atoms with Gasteiger partial charge in [-0.2, -0.15) is 0 Å². The molecule has 0 aliphatic rings. The van der Waals surface area contributed by atoms with Gasteiger partial charge in [-0.15, -0.1) is 0 Å². The van der Waals surface area contributed by atoms with E-state index < -0.39 is 0 Å². The zero-order chi connectivity index (χ0) is 17.4. The fourth-order valence-electron chi connectivity index (χ4n) is 2.73. The quantitative estimate of drug-likeness (QED) is 0.540. The Labute approximate surface area is 150 Å². The molecule has 0 saturated carbocycles. The number of nitrogens with zero attached hydrogens (tertiary/aromatic N) is 3. The number of imidazole rings is 1. The predicted octanol–water partition coefficient (Wildman–Crippen LogP) is 4.34. The second kappa shape index (κ2) is 6.11. The van der Waals surface area contributed by atoms with Crippen molar-refractivity contribution in [2.45, 2.75) is 0 Å². The highest BCUT2D eigenvalue weighted by Gasteiger charge is 2.10. The van der Waals surface area contributed by atoms with Gasteiger partial charge in [0, 0.05) is 48.1 Å². The third kappa shape index (κ3) is 2.90. The molecule has 2 aromatic carbocycles. The highest BCUT2D eigenvalue weighted by Crippen LogP contribution is 2.29. The number of rotatable bonds is 3. The molecule has 3 N–H and O–H groups in total. The summed E-state index contributed by atoms with van der Waals surface area (Å²) in [5.41, 5.74) is 11.2. The molecule has 124 valence electrons. The van der Waals surface area contributed by atoms with Crippen molar-refractivity contribution < 1.29 is 0 Å². The van der Waals surface area contributed by atoms with Crippen LogP contribution in [0.1, 0.15) is 0 Å². The number of nitrogen functional groups attached to an aromatic ring is 1. The molecule has 4 aromatic rings. The standard InChI is InChI=1S/C19H16ClN5/c1-22-15-5-2-12(3-6-15)13-9-23-19-24-18(11-25(19)10-13)16-8-14(21)4-7-17(16)20/h2-11,22H,21H2,1H3. The van der Waals surface area contributed by atoms with Crippen molar-refractivity contribution in [2.75, 3.05) is 18.1 Å². The number of halogens is 1. The Kier molecular flexibility index (Phi) is 3.78. The van der Waals surface area contributed by atoms with Crippen LogP contribution >= 0.6 is 11.6 Å². The van der Waals surface area contributed by atoms with E-state index in [2.05, 4.69) is 27.4 Å². The molecule has 5 nitrogen and oxygen atoms in total. The monoisotopic (exact) mass is 349 g/mol. The Morgan fingerprint density at radius 1 is 1.04 bits per heavy atom. The number of hydrogen-bond donors (Lipinski definition) is 2. The van der Waals surface area contributed by atoms with Crippen molar-refractivity contribution in [3.8, 4) is 22.4 Å². The van der Waals surface area contributed by atoms with Gasteiger partial charge in [-0.1, -0.05) is 23.7 Å². The van der Waals surface area contributed by atoms with Crippen LogP contribution in [0.4, 0.5) is 11.4 Å². The van der Waals surface area contributed by atoms with E-state index >= 15 is 0 Å². The van der Waals surface area contributed by atoms with E-state index in [-0.39, 0.29) is 0 Å². The minimum Gasteiger partial charge on any atom is -0.399 e. The van der Waals surface area contributed by atoms with Gasteiger partial charge in [0.1, 0.15) is 0 Å². The molecule has 25 heavy (non-hydrogen) atoms. The molecule has 0 unspecified atom stereocenters. The van der Waals surface area contributed by atoms with E-state index in [1.807, 2.05) is 48.2 Å². The Balaban J connectivity index is 1.77. The van der Waals surface area contributed by atoms with Crippen LogP contribution in [-0.4, -0.2) is 21.4 Å². The summed E-state index contributed by atoms with van der Waals surface area (Å²) in [7, 11) is 1.90. The minimum absolute atomic E-state index is 0.612. The molecule has 0 atom stereocenters. The lowest BCUT2D eigenvalue weighted by Gasteiger charge is -2.04. The SMILES string of the molecule is CNc1ccc(-c2cnc3nc(-c4cc(N)ccc4Cl)cn3c2)cc1. The Hall–Kier alpha value is -3.05. The van der Waals surface area contributed by atoms with Gasteiger partial charge in [-0.05, 0) is 35.9 Å². The molecule has 6 heteroatoms. The average Bonchev–Trinajstić information content (AvgIpc) is 3.06. The van der Waals surface area contributed by atoms with Gasteiger partial charge in [0.15, 0.2) is 0 Å². The van der Waals surface area contributed by atoms with Crippen LogP contribution in [0.25, 0.3) is 28.2 Å². The van der Waals surface area contributed by atoms with Gasteiger partial charge in [0.25, 0.3) is 0 Å². The molecule has 0 aliphatic carbocycles. The van der Waals surface area contributed by atoms with Crippen LogP contribution < -0.4 is 11.1 Å². The normalized spacial score (nSPS) is 11.0. The van der Waals surface area contributed by atoms with Crippen LogP contribution in [0.3, 0.4) is 0 Å². The number of anilines is 2. The van der Waals surface area contributed by atoms with Crippen molar-refractivity contribution in [1.82, 2.24) is 14.4 Å². The van der Waals surface area contributed by atoms with Gasteiger partial charge in [-0.3, -0.25) is 4.40 Å². The maximum Gasteiger partial charge on any atom is 0.234 e. The van der Waals surface area contributed by atoms with Gasteiger partial charge in [0.2, 0.25) is 5.78 Å². The summed E-state index contributed by atoms with van der Waals surface area (Å²) in [5, 5.41) is 3.72. The summed E-state index contributed by atoms with van der Waals surface area (Å²) in [6.45, 7) is 0. The molecule has 0 spiro atoms. The summed E-state index contributed by atoms with van der Waals surface area (Å²) in [6, 6.07) is 13.5. The Morgan fingerprint density at radius 3 is 2.60 bits per heavy atom. The lowest BCUT2D eigenvalue weighted by molar-refractivity contribution is 1.11. The van der Waals surface area contributed by atoms with Crippen molar-refractivity contribution >= 4 is 28.8 Å². The summed E-state index contributed by atoms with van der Waals surface area (Å²) in [5.74, 6) is 0.615. The highest BCUT2D eigenvalue weighted by atomic mass is 35.5. The molecule has 0 aliphatic heterocycles. The van der Waals surface area contributed by atoms with Crippen LogP contribution in [-0.2, 0) is 0 Å². The van der Waals surface area contributed by atoms with Gasteiger partial charge < -0.3 is 11.1 Å². The number of aromatic nitrogens is 3. The number of fused-ring (bicyclic) bond motifs is 1. The lowest BCUT2D eigenvalue weighted by atomic mass is 10.1. The molecule has 0 amide bonds. The molecule has 0 saturated heterocycles. The van der Waals surface area contributed by atoms with Crippen LogP contribution in [0.15, 0.2) is 61.1 Å². The Morgan fingerprint density at radius 2 is 1.84 bits per heavy atom. The summed E-state index contributed by atoms with van der Waals surface area (Å²) in [4.78, 5) is 9.01. The van der Waals surface area contributed by atoms with Crippen LogP contribution in [0.5, 0.6) is 0 Å². The first kappa shape index (κ1) is 15.5. The minimum atomic E-state index is 0.612. The second-order valence-corrected chi connectivity index (χ2v) is 6.15. The van der Waals surface area contributed by atoms with Crippen molar-refractivity contribution in [3.05, 3.63) is 66.1 Å². The number of nitrogens with one attached hydrogen (secondary N) is 1. The zero-order valence-corrected chi connectivity index (χ0v) is 14.3.